The minimum Gasteiger partial charge on any atom is -0.447 e. The van der Waals surface area contributed by atoms with Gasteiger partial charge in [0, 0.05) is 6.54 Å². The molecule has 0 aromatic carbocycles. The van der Waals surface area contributed by atoms with Crippen molar-refractivity contribution in [3.8, 4) is 0 Å². The molecule has 1 saturated heterocycles. The van der Waals surface area contributed by atoms with E-state index in [0.29, 0.717) is 19.5 Å². The summed E-state index contributed by atoms with van der Waals surface area (Å²) in [6.07, 6.45) is 0.200. The Bertz CT molecular complexity index is 201. The standard InChI is InChI=1S/C9H17NO3/c1-7(2)13-8(11)10-5-4-9(3,12)6-10/h7,12H,4-6H2,1-3H3. The topological polar surface area (TPSA) is 49.8 Å². The molecule has 1 heterocycles. The lowest BCUT2D eigenvalue weighted by Crippen LogP contribution is -2.35. The molecule has 1 fully saturated rings. The molecule has 0 radical (unpaired) electrons. The van der Waals surface area contributed by atoms with Gasteiger partial charge < -0.3 is 14.7 Å². The zero-order valence-corrected chi connectivity index (χ0v) is 8.41. The number of aliphatic hydroxyl groups is 1. The Labute approximate surface area is 78.5 Å². The van der Waals surface area contributed by atoms with E-state index in [9.17, 15) is 9.90 Å². The number of ether oxygens (including phenoxy) is 1. The molecular weight excluding hydrogens is 170 g/mol. The molecule has 0 spiro atoms. The molecule has 0 saturated carbocycles. The van der Waals surface area contributed by atoms with Crippen molar-refractivity contribution >= 4 is 6.09 Å². The van der Waals surface area contributed by atoms with Crippen molar-refractivity contribution in [2.45, 2.75) is 38.9 Å². The Morgan fingerprint density at radius 2 is 2.23 bits per heavy atom. The maximum absolute atomic E-state index is 11.3. The van der Waals surface area contributed by atoms with Crippen molar-refractivity contribution in [2.75, 3.05) is 13.1 Å². The summed E-state index contributed by atoms with van der Waals surface area (Å²) in [6.45, 7) is 6.31. The van der Waals surface area contributed by atoms with Gasteiger partial charge in [0.2, 0.25) is 0 Å². The third-order valence-corrected chi connectivity index (χ3v) is 2.05. The van der Waals surface area contributed by atoms with Gasteiger partial charge >= 0.3 is 6.09 Å². The summed E-state index contributed by atoms with van der Waals surface area (Å²) in [4.78, 5) is 12.9. The normalized spacial score (nSPS) is 28.2. The van der Waals surface area contributed by atoms with Crippen LogP contribution in [0.4, 0.5) is 4.79 Å². The van der Waals surface area contributed by atoms with E-state index >= 15 is 0 Å². The van der Waals surface area contributed by atoms with Crippen molar-refractivity contribution < 1.29 is 14.6 Å². The maximum atomic E-state index is 11.3. The fourth-order valence-electron chi connectivity index (χ4n) is 1.38. The fourth-order valence-corrected chi connectivity index (χ4v) is 1.38. The first kappa shape index (κ1) is 10.3. The van der Waals surface area contributed by atoms with Gasteiger partial charge in [0.1, 0.15) is 0 Å². The third-order valence-electron chi connectivity index (χ3n) is 2.05. The van der Waals surface area contributed by atoms with E-state index in [-0.39, 0.29) is 12.2 Å². The van der Waals surface area contributed by atoms with Crippen LogP contribution in [-0.2, 0) is 4.74 Å². The molecule has 1 unspecified atom stereocenters. The number of carbonyl (C=O) groups is 1. The molecule has 1 rings (SSSR count). The van der Waals surface area contributed by atoms with Crippen LogP contribution in [0.5, 0.6) is 0 Å². The Hall–Kier alpha value is -0.770. The van der Waals surface area contributed by atoms with E-state index in [2.05, 4.69) is 0 Å². The number of nitrogens with zero attached hydrogens (tertiary/aromatic N) is 1. The first-order chi connectivity index (χ1) is 5.91. The van der Waals surface area contributed by atoms with E-state index in [1.807, 2.05) is 13.8 Å². The van der Waals surface area contributed by atoms with Gasteiger partial charge in [0.05, 0.1) is 18.2 Å². The second kappa shape index (κ2) is 3.54. The summed E-state index contributed by atoms with van der Waals surface area (Å²) < 4.78 is 5.00. The molecule has 0 aliphatic carbocycles. The molecule has 1 aliphatic rings. The molecule has 1 aliphatic heterocycles. The van der Waals surface area contributed by atoms with E-state index in [1.165, 1.54) is 0 Å². The summed E-state index contributed by atoms with van der Waals surface area (Å²) in [5.41, 5.74) is -0.740. The van der Waals surface area contributed by atoms with Gasteiger partial charge in [0.15, 0.2) is 0 Å². The van der Waals surface area contributed by atoms with Crippen molar-refractivity contribution in [3.63, 3.8) is 0 Å². The quantitative estimate of drug-likeness (QED) is 0.666. The SMILES string of the molecule is CC(C)OC(=O)N1CCC(C)(O)C1. The largest absolute Gasteiger partial charge is 0.447 e. The van der Waals surface area contributed by atoms with Crippen LogP contribution in [0, 0.1) is 0 Å². The first-order valence-corrected chi connectivity index (χ1v) is 4.59. The Kier molecular flexibility index (Phi) is 2.81. The van der Waals surface area contributed by atoms with Crippen molar-refractivity contribution in [2.24, 2.45) is 0 Å². The predicted molar refractivity (Wildman–Crippen MR) is 48.4 cm³/mol. The highest BCUT2D eigenvalue weighted by Gasteiger charge is 2.34. The van der Waals surface area contributed by atoms with Crippen LogP contribution in [-0.4, -0.2) is 40.9 Å². The van der Waals surface area contributed by atoms with Gasteiger partial charge in [-0.1, -0.05) is 0 Å². The second-order valence-electron chi connectivity index (χ2n) is 4.10. The highest BCUT2D eigenvalue weighted by atomic mass is 16.6. The lowest BCUT2D eigenvalue weighted by molar-refractivity contribution is 0.0524. The van der Waals surface area contributed by atoms with Gasteiger partial charge in [-0.25, -0.2) is 4.79 Å². The van der Waals surface area contributed by atoms with E-state index in [1.54, 1.807) is 11.8 Å². The molecule has 0 aromatic heterocycles. The minimum absolute atomic E-state index is 0.0990. The van der Waals surface area contributed by atoms with Crippen LogP contribution in [0.25, 0.3) is 0 Å². The number of hydrogen-bond acceptors (Lipinski definition) is 3. The zero-order valence-electron chi connectivity index (χ0n) is 8.41. The van der Waals surface area contributed by atoms with Crippen molar-refractivity contribution in [1.29, 1.82) is 0 Å². The van der Waals surface area contributed by atoms with Crippen molar-refractivity contribution in [3.05, 3.63) is 0 Å². The number of likely N-dealkylation sites (tertiary alicyclic amines) is 1. The van der Waals surface area contributed by atoms with Gasteiger partial charge in [-0.05, 0) is 27.2 Å². The van der Waals surface area contributed by atoms with Crippen LogP contribution in [0.1, 0.15) is 27.2 Å². The van der Waals surface area contributed by atoms with Gasteiger partial charge in [-0.2, -0.15) is 0 Å². The van der Waals surface area contributed by atoms with E-state index in [0.717, 1.165) is 0 Å². The molecule has 1 atom stereocenters. The van der Waals surface area contributed by atoms with Crippen LogP contribution >= 0.6 is 0 Å². The summed E-state index contributed by atoms with van der Waals surface area (Å²) in [5, 5.41) is 9.60. The average Bonchev–Trinajstić information content (AvgIpc) is 2.28. The molecule has 0 aromatic rings. The second-order valence-corrected chi connectivity index (χ2v) is 4.10. The molecule has 4 heteroatoms. The van der Waals surface area contributed by atoms with Crippen LogP contribution in [0.2, 0.25) is 0 Å². The lowest BCUT2D eigenvalue weighted by Gasteiger charge is -2.19. The number of β-amino-alcohol motifs (C(OH)–C–C–N with tert-alkyl or cyclic N) is 1. The van der Waals surface area contributed by atoms with E-state index < -0.39 is 5.60 Å². The summed E-state index contributed by atoms with van der Waals surface area (Å²) >= 11 is 0. The number of rotatable bonds is 1. The molecule has 4 nitrogen and oxygen atoms in total. The fraction of sp³-hybridized carbons (Fsp3) is 0.889. The summed E-state index contributed by atoms with van der Waals surface area (Å²) in [7, 11) is 0. The van der Waals surface area contributed by atoms with E-state index in [4.69, 9.17) is 4.74 Å². The Morgan fingerprint density at radius 3 is 2.62 bits per heavy atom. The molecule has 0 bridgehead atoms. The first-order valence-electron chi connectivity index (χ1n) is 4.59. The summed E-state index contributed by atoms with van der Waals surface area (Å²) in [5.74, 6) is 0. The number of amides is 1. The average molecular weight is 187 g/mol. The third kappa shape index (κ3) is 2.88. The minimum atomic E-state index is -0.740. The van der Waals surface area contributed by atoms with Gasteiger partial charge in [-0.15, -0.1) is 0 Å². The van der Waals surface area contributed by atoms with Crippen LogP contribution < -0.4 is 0 Å². The monoisotopic (exact) mass is 187 g/mol. The number of carbonyl (C=O) groups excluding carboxylic acids is 1. The highest BCUT2D eigenvalue weighted by molar-refractivity contribution is 5.68. The van der Waals surface area contributed by atoms with Gasteiger partial charge in [0.25, 0.3) is 0 Å². The van der Waals surface area contributed by atoms with Crippen LogP contribution in [0.3, 0.4) is 0 Å². The summed E-state index contributed by atoms with van der Waals surface area (Å²) in [6, 6.07) is 0. The lowest BCUT2D eigenvalue weighted by atomic mass is 10.1. The smallest absolute Gasteiger partial charge is 0.410 e. The molecule has 1 amide bonds. The maximum Gasteiger partial charge on any atom is 0.410 e. The van der Waals surface area contributed by atoms with Crippen LogP contribution in [0.15, 0.2) is 0 Å². The van der Waals surface area contributed by atoms with Crippen molar-refractivity contribution in [1.82, 2.24) is 4.90 Å². The number of hydrogen-bond donors (Lipinski definition) is 1. The zero-order chi connectivity index (χ0) is 10.1. The Balaban J connectivity index is 2.42. The Morgan fingerprint density at radius 1 is 1.62 bits per heavy atom. The molecular formula is C9H17NO3. The molecule has 1 N–H and O–H groups in total. The van der Waals surface area contributed by atoms with Gasteiger partial charge in [-0.3, -0.25) is 0 Å². The highest BCUT2D eigenvalue weighted by Crippen LogP contribution is 2.20. The predicted octanol–water partition coefficient (Wildman–Crippen LogP) is 0.988. The molecule has 76 valence electrons. The molecule has 13 heavy (non-hydrogen) atoms.